The van der Waals surface area contributed by atoms with E-state index in [1.807, 2.05) is 19.1 Å². The first-order valence-electron chi connectivity index (χ1n) is 9.75. The van der Waals surface area contributed by atoms with Crippen molar-refractivity contribution < 1.29 is 14.3 Å². The molecule has 28 heavy (non-hydrogen) atoms. The third-order valence-electron chi connectivity index (χ3n) is 5.39. The Balaban J connectivity index is 0.00000280. The van der Waals surface area contributed by atoms with Gasteiger partial charge in [0.05, 0.1) is 13.2 Å². The zero-order chi connectivity index (χ0) is 19.1. The molecule has 1 saturated heterocycles. The lowest BCUT2D eigenvalue weighted by Crippen LogP contribution is -2.38. The van der Waals surface area contributed by atoms with Crippen LogP contribution in [0.25, 0.3) is 0 Å². The number of carbonyl (C=O) groups excluding carboxylic acids is 1. The highest BCUT2D eigenvalue weighted by Gasteiger charge is 2.32. The van der Waals surface area contributed by atoms with Gasteiger partial charge in [0.15, 0.2) is 0 Å². The summed E-state index contributed by atoms with van der Waals surface area (Å²) in [6.07, 6.45) is 2.60. The third-order valence-corrected chi connectivity index (χ3v) is 5.39. The Kier molecular flexibility index (Phi) is 8.97. The minimum absolute atomic E-state index is 0. The summed E-state index contributed by atoms with van der Waals surface area (Å²) in [4.78, 5) is 12.2. The van der Waals surface area contributed by atoms with E-state index in [1.165, 1.54) is 11.1 Å². The molecule has 1 heterocycles. The highest BCUT2D eigenvalue weighted by molar-refractivity contribution is 5.85. The average molecular weight is 404 g/mol. The summed E-state index contributed by atoms with van der Waals surface area (Å²) in [6.45, 7) is 2.79. The van der Waals surface area contributed by atoms with Gasteiger partial charge in [-0.05, 0) is 43.2 Å². The molecule has 0 spiro atoms. The second-order valence-electron chi connectivity index (χ2n) is 7.42. The maximum atomic E-state index is 12.2. The average Bonchev–Trinajstić information content (AvgIpc) is 2.73. The van der Waals surface area contributed by atoms with E-state index in [-0.39, 0.29) is 42.9 Å². The van der Waals surface area contributed by atoms with Gasteiger partial charge in [-0.2, -0.15) is 0 Å². The van der Waals surface area contributed by atoms with E-state index in [9.17, 15) is 4.79 Å². The summed E-state index contributed by atoms with van der Waals surface area (Å²) in [5, 5.41) is 0. The van der Waals surface area contributed by atoms with Crippen LogP contribution in [0.15, 0.2) is 60.7 Å². The predicted molar refractivity (Wildman–Crippen MR) is 113 cm³/mol. The molecule has 1 aliphatic rings. The van der Waals surface area contributed by atoms with Gasteiger partial charge in [0.2, 0.25) is 0 Å². The second kappa shape index (κ2) is 11.2. The van der Waals surface area contributed by atoms with E-state index in [0.29, 0.717) is 6.61 Å². The van der Waals surface area contributed by atoms with Crippen LogP contribution in [0.1, 0.15) is 24.5 Å². The molecular weight excluding hydrogens is 374 g/mol. The summed E-state index contributed by atoms with van der Waals surface area (Å²) in [5.74, 6) is 0.108. The molecule has 2 aromatic rings. The molecule has 1 aliphatic heterocycles. The molecule has 2 N–H and O–H groups in total. The number of hydrogen-bond acceptors (Lipinski definition) is 4. The minimum atomic E-state index is -0.710. The lowest BCUT2D eigenvalue weighted by Gasteiger charge is -2.31. The first kappa shape index (κ1) is 22.4. The minimum Gasteiger partial charge on any atom is -0.461 e. The van der Waals surface area contributed by atoms with Crippen LogP contribution in [0, 0.1) is 11.8 Å². The highest BCUT2D eigenvalue weighted by atomic mass is 35.5. The first-order chi connectivity index (χ1) is 13.1. The van der Waals surface area contributed by atoms with Gasteiger partial charge >= 0.3 is 5.97 Å². The molecular formula is C23H30ClNO3. The van der Waals surface area contributed by atoms with Crippen molar-refractivity contribution in [3.8, 4) is 0 Å². The topological polar surface area (TPSA) is 61.5 Å². The van der Waals surface area contributed by atoms with Gasteiger partial charge in [0.25, 0.3) is 0 Å². The largest absolute Gasteiger partial charge is 0.461 e. The van der Waals surface area contributed by atoms with Crippen molar-refractivity contribution in [2.75, 3.05) is 13.2 Å². The molecule has 0 aromatic heterocycles. The van der Waals surface area contributed by atoms with Crippen LogP contribution >= 0.6 is 12.4 Å². The Morgan fingerprint density at radius 3 is 2.21 bits per heavy atom. The zero-order valence-corrected chi connectivity index (χ0v) is 17.1. The van der Waals surface area contributed by atoms with Crippen molar-refractivity contribution in [1.29, 1.82) is 0 Å². The third kappa shape index (κ3) is 6.33. The Bertz CT molecular complexity index is 710. The summed E-state index contributed by atoms with van der Waals surface area (Å²) in [7, 11) is 0. The Labute approximate surface area is 173 Å². The lowest BCUT2D eigenvalue weighted by atomic mass is 9.80. The smallest absolute Gasteiger partial charge is 0.325 e. The van der Waals surface area contributed by atoms with Gasteiger partial charge in [-0.15, -0.1) is 12.4 Å². The van der Waals surface area contributed by atoms with Gasteiger partial charge in [0, 0.05) is 5.92 Å². The van der Waals surface area contributed by atoms with Crippen LogP contribution < -0.4 is 5.73 Å². The molecule has 2 aromatic carbocycles. The number of rotatable bonds is 5. The number of ether oxygens (including phenoxy) is 2. The molecule has 1 fully saturated rings. The second-order valence-corrected chi connectivity index (χ2v) is 7.42. The number of halogens is 1. The molecule has 0 aliphatic carbocycles. The van der Waals surface area contributed by atoms with E-state index >= 15 is 0 Å². The first-order valence-corrected chi connectivity index (χ1v) is 9.75. The van der Waals surface area contributed by atoms with Crippen molar-refractivity contribution in [3.05, 3.63) is 71.8 Å². The fourth-order valence-electron chi connectivity index (χ4n) is 3.85. The van der Waals surface area contributed by atoms with E-state index < -0.39 is 6.04 Å². The van der Waals surface area contributed by atoms with E-state index in [4.69, 9.17) is 15.2 Å². The molecule has 0 unspecified atom stereocenters. The molecule has 0 amide bonds. The lowest BCUT2D eigenvalue weighted by molar-refractivity contribution is -0.153. The number of carbonyl (C=O) groups is 1. The number of cyclic esters (lactones) is 1. The summed E-state index contributed by atoms with van der Waals surface area (Å²) in [5.41, 5.74) is 8.46. The van der Waals surface area contributed by atoms with Gasteiger partial charge in [-0.3, -0.25) is 4.79 Å². The van der Waals surface area contributed by atoms with Gasteiger partial charge in [0.1, 0.15) is 12.1 Å². The zero-order valence-electron chi connectivity index (χ0n) is 16.3. The Morgan fingerprint density at radius 2 is 1.57 bits per heavy atom. The number of esters is 1. The number of hydrogen-bond donors (Lipinski definition) is 1. The van der Waals surface area contributed by atoms with Crippen LogP contribution in [-0.2, 0) is 27.1 Å². The normalized spacial score (nSPS) is 25.6. The fourth-order valence-corrected chi connectivity index (χ4v) is 3.85. The summed E-state index contributed by atoms with van der Waals surface area (Å²) < 4.78 is 11.5. The molecule has 4 nitrogen and oxygen atoms in total. The molecule has 0 bridgehead atoms. The quantitative estimate of drug-likeness (QED) is 0.771. The van der Waals surface area contributed by atoms with Crippen LogP contribution in [0.4, 0.5) is 0 Å². The van der Waals surface area contributed by atoms with Crippen molar-refractivity contribution in [2.24, 2.45) is 17.6 Å². The van der Waals surface area contributed by atoms with Gasteiger partial charge < -0.3 is 15.2 Å². The van der Waals surface area contributed by atoms with E-state index in [2.05, 4.69) is 48.5 Å². The SMILES string of the molecule is C[C@@H]1OC(=O)[C@@H](N)COC[C@H](Cc2ccccc2)[C@H]1CCc1ccccc1.Cl. The van der Waals surface area contributed by atoms with E-state index in [1.54, 1.807) is 0 Å². The highest BCUT2D eigenvalue weighted by Crippen LogP contribution is 2.29. The monoisotopic (exact) mass is 403 g/mol. The number of benzene rings is 2. The standard InChI is InChI=1S/C23H29NO3.ClH/c1-17-21(13-12-18-8-4-2-5-9-18)20(14-19-10-6-3-7-11-19)15-26-16-22(24)23(25)27-17;/h2-11,17,20-22H,12-16,24H2,1H3;1H/t17-,20-,21-,22-;/m0./s1. The van der Waals surface area contributed by atoms with Crippen LogP contribution in [0.5, 0.6) is 0 Å². The number of aryl methyl sites for hydroxylation is 1. The molecule has 5 heteroatoms. The van der Waals surface area contributed by atoms with Crippen LogP contribution in [-0.4, -0.2) is 31.3 Å². The predicted octanol–water partition coefficient (Wildman–Crippen LogP) is 3.81. The van der Waals surface area contributed by atoms with Crippen LogP contribution in [0.3, 0.4) is 0 Å². The molecule has 152 valence electrons. The fraction of sp³-hybridized carbons (Fsp3) is 0.435. The van der Waals surface area contributed by atoms with Crippen LogP contribution in [0.2, 0.25) is 0 Å². The van der Waals surface area contributed by atoms with Crippen molar-refractivity contribution in [3.63, 3.8) is 0 Å². The summed E-state index contributed by atoms with van der Waals surface area (Å²) in [6, 6.07) is 20.2. The van der Waals surface area contributed by atoms with Crippen molar-refractivity contribution in [2.45, 2.75) is 38.3 Å². The van der Waals surface area contributed by atoms with Crippen molar-refractivity contribution >= 4 is 18.4 Å². The Hall–Kier alpha value is -1.88. The maximum Gasteiger partial charge on any atom is 0.325 e. The van der Waals surface area contributed by atoms with Gasteiger partial charge in [-0.25, -0.2) is 0 Å². The Morgan fingerprint density at radius 1 is 0.964 bits per heavy atom. The maximum absolute atomic E-state index is 12.2. The summed E-state index contributed by atoms with van der Waals surface area (Å²) >= 11 is 0. The molecule has 0 saturated carbocycles. The molecule has 0 radical (unpaired) electrons. The molecule has 3 rings (SSSR count). The van der Waals surface area contributed by atoms with Gasteiger partial charge in [-0.1, -0.05) is 60.7 Å². The molecule has 4 atom stereocenters. The van der Waals surface area contributed by atoms with E-state index in [0.717, 1.165) is 19.3 Å². The van der Waals surface area contributed by atoms with Crippen molar-refractivity contribution in [1.82, 2.24) is 0 Å². The number of nitrogens with two attached hydrogens (primary N) is 1.